The van der Waals surface area contributed by atoms with Gasteiger partial charge >= 0.3 is 24.3 Å². The molecule has 0 unspecified atom stereocenters. The summed E-state index contributed by atoms with van der Waals surface area (Å²) in [7, 11) is 1.03. The van der Waals surface area contributed by atoms with Crippen LogP contribution in [0.3, 0.4) is 0 Å². The van der Waals surface area contributed by atoms with Crippen molar-refractivity contribution in [2.45, 2.75) is 40.0 Å². The summed E-state index contributed by atoms with van der Waals surface area (Å²) in [5.41, 5.74) is -3.24. The average Bonchev–Trinajstić information content (AvgIpc) is 2.58. The number of carboxylic acids is 1. The summed E-state index contributed by atoms with van der Waals surface area (Å²) in [6, 6.07) is 1.57. The lowest BCUT2D eigenvalue weighted by Gasteiger charge is -2.13. The standard InChI is InChI=1S/C10H10F3NO2.C9H8F3NO2.ClH/c1-5-4-7(10(11,12)13)8(6(2)14-5)9(15)16-3;1-4-3-6(9(10,11)12)7(8(14)15)5(2)13-4;/h4H,1-3H3;3H,1-2H3,(H,14,15);1H. The number of pyridine rings is 2. The first-order valence-electron chi connectivity index (χ1n) is 8.43. The van der Waals surface area contributed by atoms with E-state index in [2.05, 4.69) is 14.7 Å². The second-order valence-corrected chi connectivity index (χ2v) is 6.34. The summed E-state index contributed by atoms with van der Waals surface area (Å²) in [6.45, 7) is 5.40. The van der Waals surface area contributed by atoms with E-state index in [4.69, 9.17) is 5.11 Å². The van der Waals surface area contributed by atoms with Gasteiger partial charge in [-0.1, -0.05) is 0 Å². The molecule has 0 spiro atoms. The van der Waals surface area contributed by atoms with E-state index >= 15 is 0 Å². The number of esters is 1. The molecule has 13 heteroatoms. The molecule has 0 amide bonds. The molecule has 0 bridgehead atoms. The SMILES string of the molecule is COC(=O)c1c(C(F)(F)F)cc(C)nc1C.Cc1cc(C(F)(F)F)c(C(=O)O)c(C)n1.Cl. The lowest BCUT2D eigenvalue weighted by molar-refractivity contribution is -0.139. The number of rotatable bonds is 2. The number of aromatic nitrogens is 2. The second kappa shape index (κ2) is 10.6. The summed E-state index contributed by atoms with van der Waals surface area (Å²) in [5.74, 6) is -2.65. The van der Waals surface area contributed by atoms with Crippen LogP contribution in [-0.2, 0) is 17.1 Å². The van der Waals surface area contributed by atoms with E-state index in [1.165, 1.54) is 27.7 Å². The normalized spacial score (nSPS) is 11.1. The van der Waals surface area contributed by atoms with E-state index in [9.17, 15) is 35.9 Å². The van der Waals surface area contributed by atoms with Crippen LogP contribution in [0.25, 0.3) is 0 Å². The highest BCUT2D eigenvalue weighted by Gasteiger charge is 2.38. The Morgan fingerprint density at radius 3 is 1.47 bits per heavy atom. The maximum absolute atomic E-state index is 12.7. The maximum atomic E-state index is 12.7. The number of hydrogen-bond donors (Lipinski definition) is 1. The molecule has 0 atom stereocenters. The molecule has 2 rings (SSSR count). The van der Waals surface area contributed by atoms with Gasteiger partial charge in [-0.05, 0) is 39.8 Å². The van der Waals surface area contributed by atoms with Crippen LogP contribution in [0.5, 0.6) is 0 Å². The van der Waals surface area contributed by atoms with Crippen LogP contribution < -0.4 is 0 Å². The van der Waals surface area contributed by atoms with E-state index < -0.39 is 46.5 Å². The molecule has 0 aliphatic carbocycles. The summed E-state index contributed by atoms with van der Waals surface area (Å²) in [5, 5.41) is 8.66. The number of halogens is 7. The van der Waals surface area contributed by atoms with Crippen molar-refractivity contribution in [3.05, 3.63) is 57.2 Å². The van der Waals surface area contributed by atoms with Gasteiger partial charge in [-0.2, -0.15) is 26.3 Å². The van der Waals surface area contributed by atoms with Crippen molar-refractivity contribution in [3.63, 3.8) is 0 Å². The van der Waals surface area contributed by atoms with Crippen molar-refractivity contribution < 1.29 is 45.8 Å². The van der Waals surface area contributed by atoms with Crippen LogP contribution >= 0.6 is 12.4 Å². The molecule has 32 heavy (non-hydrogen) atoms. The zero-order chi connectivity index (χ0) is 24.3. The summed E-state index contributed by atoms with van der Waals surface area (Å²) in [4.78, 5) is 29.4. The van der Waals surface area contributed by atoms with Crippen LogP contribution in [0.1, 0.15) is 54.6 Å². The van der Waals surface area contributed by atoms with Crippen LogP contribution in [0.15, 0.2) is 12.1 Å². The Kier molecular flexibility index (Phi) is 9.66. The highest BCUT2D eigenvalue weighted by atomic mass is 35.5. The highest BCUT2D eigenvalue weighted by molar-refractivity contribution is 5.92. The number of aromatic carboxylic acids is 1. The van der Waals surface area contributed by atoms with Gasteiger partial charge < -0.3 is 9.84 Å². The van der Waals surface area contributed by atoms with Crippen LogP contribution in [-0.4, -0.2) is 34.1 Å². The molecule has 6 nitrogen and oxygen atoms in total. The number of nitrogens with zero attached hydrogens (tertiary/aromatic N) is 2. The van der Waals surface area contributed by atoms with Crippen molar-refractivity contribution >= 4 is 24.3 Å². The predicted molar refractivity (Wildman–Crippen MR) is 103 cm³/mol. The lowest BCUT2D eigenvalue weighted by atomic mass is 10.1. The molecule has 0 saturated carbocycles. The molecule has 2 heterocycles. The number of methoxy groups -OCH3 is 1. The fraction of sp³-hybridized carbons (Fsp3) is 0.368. The van der Waals surface area contributed by atoms with E-state index in [1.54, 1.807) is 0 Å². The zero-order valence-corrected chi connectivity index (χ0v) is 18.2. The first kappa shape index (κ1) is 29.1. The van der Waals surface area contributed by atoms with Crippen LogP contribution in [0, 0.1) is 27.7 Å². The van der Waals surface area contributed by atoms with Gasteiger partial charge in [-0.15, -0.1) is 12.4 Å². The topological polar surface area (TPSA) is 89.4 Å². The van der Waals surface area contributed by atoms with Gasteiger partial charge in [0.25, 0.3) is 0 Å². The van der Waals surface area contributed by atoms with Crippen LogP contribution in [0.4, 0.5) is 26.3 Å². The van der Waals surface area contributed by atoms with Crippen LogP contribution in [0.2, 0.25) is 0 Å². The summed E-state index contributed by atoms with van der Waals surface area (Å²) >= 11 is 0. The molecule has 2 aromatic rings. The third-order valence-electron chi connectivity index (χ3n) is 3.87. The number of ether oxygens (including phenoxy) is 1. The van der Waals surface area contributed by atoms with E-state index in [0.29, 0.717) is 0 Å². The van der Waals surface area contributed by atoms with Gasteiger partial charge in [0.05, 0.1) is 40.8 Å². The molecule has 2 aromatic heterocycles. The van der Waals surface area contributed by atoms with Crippen molar-refractivity contribution in [2.75, 3.05) is 7.11 Å². The minimum absolute atomic E-state index is 0. The summed E-state index contributed by atoms with van der Waals surface area (Å²) < 4.78 is 79.8. The number of carbonyl (C=O) groups excluding carboxylic acids is 1. The number of hydrogen-bond acceptors (Lipinski definition) is 5. The first-order chi connectivity index (χ1) is 14.0. The third kappa shape index (κ3) is 7.08. The molecule has 178 valence electrons. The fourth-order valence-corrected chi connectivity index (χ4v) is 2.73. The second-order valence-electron chi connectivity index (χ2n) is 6.34. The average molecular weight is 489 g/mol. The molecule has 0 aliphatic rings. The molecule has 0 radical (unpaired) electrons. The predicted octanol–water partition coefficient (Wildman–Crippen LogP) is 5.34. The Morgan fingerprint density at radius 1 is 0.812 bits per heavy atom. The fourth-order valence-electron chi connectivity index (χ4n) is 2.73. The Morgan fingerprint density at radius 2 is 1.16 bits per heavy atom. The molecular formula is C19H19ClF6N2O4. The molecule has 0 fully saturated rings. The van der Waals surface area contributed by atoms with Crippen molar-refractivity contribution in [1.82, 2.24) is 9.97 Å². The first-order valence-corrected chi connectivity index (χ1v) is 8.43. The van der Waals surface area contributed by atoms with E-state index in [0.717, 1.165) is 19.2 Å². The minimum Gasteiger partial charge on any atom is -0.478 e. The maximum Gasteiger partial charge on any atom is 0.417 e. The van der Waals surface area contributed by atoms with E-state index in [-0.39, 0.29) is 35.2 Å². The van der Waals surface area contributed by atoms with Gasteiger partial charge in [-0.25, -0.2) is 9.59 Å². The number of carbonyl (C=O) groups is 2. The molecule has 0 aromatic carbocycles. The quantitative estimate of drug-likeness (QED) is 0.453. The third-order valence-corrected chi connectivity index (χ3v) is 3.87. The number of carboxylic acid groups (broad SMARTS) is 1. The van der Waals surface area contributed by atoms with Crippen molar-refractivity contribution in [1.29, 1.82) is 0 Å². The number of alkyl halides is 6. The zero-order valence-electron chi connectivity index (χ0n) is 17.4. The Balaban J connectivity index is 0.000000584. The van der Waals surface area contributed by atoms with Gasteiger partial charge in [0.2, 0.25) is 0 Å². The van der Waals surface area contributed by atoms with Gasteiger partial charge in [-0.3, -0.25) is 9.97 Å². The smallest absolute Gasteiger partial charge is 0.417 e. The Labute approximate surface area is 185 Å². The van der Waals surface area contributed by atoms with Crippen molar-refractivity contribution in [2.24, 2.45) is 0 Å². The van der Waals surface area contributed by atoms with Crippen molar-refractivity contribution in [3.8, 4) is 0 Å². The Bertz CT molecular complexity index is 1010. The summed E-state index contributed by atoms with van der Waals surface area (Å²) in [6.07, 6.45) is -9.27. The minimum atomic E-state index is -4.67. The molecule has 1 N–H and O–H groups in total. The van der Waals surface area contributed by atoms with Gasteiger partial charge in [0, 0.05) is 11.4 Å². The highest BCUT2D eigenvalue weighted by Crippen LogP contribution is 2.34. The molecule has 0 saturated heterocycles. The van der Waals surface area contributed by atoms with Gasteiger partial charge in [0.15, 0.2) is 0 Å². The van der Waals surface area contributed by atoms with Gasteiger partial charge in [0.1, 0.15) is 0 Å². The van der Waals surface area contributed by atoms with E-state index in [1.807, 2.05) is 0 Å². The molecular weight excluding hydrogens is 470 g/mol. The monoisotopic (exact) mass is 488 g/mol. The largest absolute Gasteiger partial charge is 0.478 e. The molecule has 0 aliphatic heterocycles. The number of aryl methyl sites for hydroxylation is 4. The lowest BCUT2D eigenvalue weighted by Crippen LogP contribution is -2.17. The Hall–Kier alpha value is -2.89.